The average molecular weight is 353 g/mol. The van der Waals surface area contributed by atoms with Crippen LogP contribution in [-0.2, 0) is 11.3 Å². The van der Waals surface area contributed by atoms with Gasteiger partial charge in [-0.3, -0.25) is 14.3 Å². The zero-order valence-electron chi connectivity index (χ0n) is 15.6. The van der Waals surface area contributed by atoms with Crippen LogP contribution in [-0.4, -0.2) is 39.5 Å². The van der Waals surface area contributed by atoms with Crippen LogP contribution >= 0.6 is 0 Å². The number of piperidine rings is 1. The molecule has 1 atom stereocenters. The monoisotopic (exact) mass is 353 g/mol. The number of benzene rings is 1. The Morgan fingerprint density at radius 1 is 1.19 bits per heavy atom. The van der Waals surface area contributed by atoms with E-state index in [1.807, 2.05) is 59.8 Å². The van der Waals surface area contributed by atoms with Crippen molar-refractivity contribution in [2.45, 2.75) is 46.1 Å². The number of ketones is 1. The van der Waals surface area contributed by atoms with Gasteiger partial charge in [-0.2, -0.15) is 5.10 Å². The topological polar surface area (TPSA) is 55.2 Å². The summed E-state index contributed by atoms with van der Waals surface area (Å²) in [6, 6.07) is 11.5. The maximum Gasteiger partial charge on any atom is 0.222 e. The molecule has 1 fully saturated rings. The number of hydrogen-bond donors (Lipinski definition) is 0. The van der Waals surface area contributed by atoms with Crippen LogP contribution in [0.2, 0.25) is 0 Å². The summed E-state index contributed by atoms with van der Waals surface area (Å²) in [5, 5.41) is 4.44. The van der Waals surface area contributed by atoms with Crippen LogP contribution in [0.5, 0.6) is 0 Å². The second-order valence-corrected chi connectivity index (χ2v) is 7.16. The number of Topliss-reactive ketones (excluding diaryl/α,β-unsaturated/α-hetero) is 1. The van der Waals surface area contributed by atoms with E-state index in [0.29, 0.717) is 13.0 Å². The Kier molecular flexibility index (Phi) is 5.86. The third-order valence-corrected chi connectivity index (χ3v) is 5.07. The standard InChI is InChI=1S/C21H27N3O2/c1-16-14-17(2)24(22-16)13-7-11-20(25)23-12-6-10-19(15-23)21(26)18-8-4-3-5-9-18/h3-5,8-9,14,19H,6-7,10-13,15H2,1-2H3. The minimum atomic E-state index is -0.0777. The Morgan fingerprint density at radius 3 is 2.65 bits per heavy atom. The number of rotatable bonds is 6. The largest absolute Gasteiger partial charge is 0.342 e. The van der Waals surface area contributed by atoms with Crippen molar-refractivity contribution >= 4 is 11.7 Å². The number of hydrogen-bond acceptors (Lipinski definition) is 3. The second-order valence-electron chi connectivity index (χ2n) is 7.16. The van der Waals surface area contributed by atoms with Crippen LogP contribution in [0.25, 0.3) is 0 Å². The van der Waals surface area contributed by atoms with Gasteiger partial charge >= 0.3 is 0 Å². The fourth-order valence-corrected chi connectivity index (χ4v) is 3.70. The van der Waals surface area contributed by atoms with Gasteiger partial charge < -0.3 is 4.90 Å². The van der Waals surface area contributed by atoms with Gasteiger partial charge in [0.15, 0.2) is 5.78 Å². The summed E-state index contributed by atoms with van der Waals surface area (Å²) >= 11 is 0. The molecular weight excluding hydrogens is 326 g/mol. The van der Waals surface area contributed by atoms with Crippen molar-refractivity contribution in [3.8, 4) is 0 Å². The quantitative estimate of drug-likeness (QED) is 0.748. The maximum absolute atomic E-state index is 12.7. The first-order valence-electron chi connectivity index (χ1n) is 9.42. The normalized spacial score (nSPS) is 17.3. The highest BCUT2D eigenvalue weighted by molar-refractivity contribution is 5.98. The molecule has 0 radical (unpaired) electrons. The van der Waals surface area contributed by atoms with Crippen molar-refractivity contribution in [3.05, 3.63) is 53.3 Å². The van der Waals surface area contributed by atoms with Gasteiger partial charge in [-0.15, -0.1) is 0 Å². The van der Waals surface area contributed by atoms with Crippen LogP contribution in [0.3, 0.4) is 0 Å². The summed E-state index contributed by atoms with van der Waals surface area (Å²) in [6.45, 7) is 6.08. The highest BCUT2D eigenvalue weighted by Crippen LogP contribution is 2.22. The van der Waals surface area contributed by atoms with E-state index in [0.717, 1.165) is 49.3 Å². The first kappa shape index (κ1) is 18.4. The summed E-state index contributed by atoms with van der Waals surface area (Å²) in [5.41, 5.74) is 2.88. The van der Waals surface area contributed by atoms with Crippen LogP contribution in [0.1, 0.15) is 47.4 Å². The third kappa shape index (κ3) is 4.40. The predicted octanol–water partition coefficient (Wildman–Crippen LogP) is 3.40. The molecule has 2 heterocycles. The molecule has 1 aromatic carbocycles. The van der Waals surface area contributed by atoms with E-state index in [-0.39, 0.29) is 17.6 Å². The molecule has 0 saturated carbocycles. The molecule has 5 nitrogen and oxygen atoms in total. The molecular formula is C21H27N3O2. The van der Waals surface area contributed by atoms with E-state index in [4.69, 9.17) is 0 Å². The molecule has 1 amide bonds. The zero-order valence-corrected chi connectivity index (χ0v) is 15.6. The predicted molar refractivity (Wildman–Crippen MR) is 101 cm³/mol. The Morgan fingerprint density at radius 2 is 1.96 bits per heavy atom. The van der Waals surface area contributed by atoms with Gasteiger partial charge in [-0.05, 0) is 39.2 Å². The van der Waals surface area contributed by atoms with Crippen molar-refractivity contribution in [2.75, 3.05) is 13.1 Å². The van der Waals surface area contributed by atoms with Gasteiger partial charge in [0.25, 0.3) is 0 Å². The van der Waals surface area contributed by atoms with E-state index >= 15 is 0 Å². The number of nitrogens with zero attached hydrogens (tertiary/aromatic N) is 3. The van der Waals surface area contributed by atoms with Crippen LogP contribution < -0.4 is 0 Å². The van der Waals surface area contributed by atoms with E-state index in [9.17, 15) is 9.59 Å². The van der Waals surface area contributed by atoms with Gasteiger partial charge in [-0.1, -0.05) is 30.3 Å². The number of likely N-dealkylation sites (tertiary alicyclic amines) is 1. The van der Waals surface area contributed by atoms with E-state index < -0.39 is 0 Å². The molecule has 138 valence electrons. The SMILES string of the molecule is Cc1cc(C)n(CCCC(=O)N2CCCC(C(=O)c3ccccc3)C2)n1. The van der Waals surface area contributed by atoms with Crippen molar-refractivity contribution in [1.82, 2.24) is 14.7 Å². The number of carbonyl (C=O) groups excluding carboxylic acids is 2. The lowest BCUT2D eigenvalue weighted by Crippen LogP contribution is -2.42. The van der Waals surface area contributed by atoms with Crippen LogP contribution in [0, 0.1) is 19.8 Å². The second kappa shape index (κ2) is 8.30. The lowest BCUT2D eigenvalue weighted by atomic mass is 9.90. The van der Waals surface area contributed by atoms with Crippen LogP contribution in [0.4, 0.5) is 0 Å². The summed E-state index contributed by atoms with van der Waals surface area (Å²) in [7, 11) is 0. The van der Waals surface area contributed by atoms with Gasteiger partial charge in [0.2, 0.25) is 5.91 Å². The summed E-state index contributed by atoms with van der Waals surface area (Å²) in [6.07, 6.45) is 3.04. The molecule has 1 aromatic heterocycles. The highest BCUT2D eigenvalue weighted by atomic mass is 16.2. The Balaban J connectivity index is 1.51. The molecule has 26 heavy (non-hydrogen) atoms. The first-order chi connectivity index (χ1) is 12.5. The average Bonchev–Trinajstić information content (AvgIpc) is 2.99. The van der Waals surface area contributed by atoms with Gasteiger partial charge in [0, 0.05) is 43.2 Å². The maximum atomic E-state index is 12.7. The Hall–Kier alpha value is -2.43. The number of carbonyl (C=O) groups is 2. The number of aromatic nitrogens is 2. The zero-order chi connectivity index (χ0) is 18.5. The molecule has 3 rings (SSSR count). The van der Waals surface area contributed by atoms with E-state index in [1.165, 1.54) is 0 Å². The van der Waals surface area contributed by atoms with E-state index in [1.54, 1.807) is 0 Å². The summed E-state index contributed by atoms with van der Waals surface area (Å²) in [5.74, 6) is 0.231. The molecule has 0 bridgehead atoms. The van der Waals surface area contributed by atoms with Crippen molar-refractivity contribution < 1.29 is 9.59 Å². The highest BCUT2D eigenvalue weighted by Gasteiger charge is 2.28. The lowest BCUT2D eigenvalue weighted by molar-refractivity contribution is -0.132. The number of amides is 1. The molecule has 1 unspecified atom stereocenters. The molecule has 1 saturated heterocycles. The molecule has 0 spiro atoms. The van der Waals surface area contributed by atoms with Crippen molar-refractivity contribution in [1.29, 1.82) is 0 Å². The third-order valence-electron chi connectivity index (χ3n) is 5.07. The molecule has 1 aliphatic rings. The fraction of sp³-hybridized carbons (Fsp3) is 0.476. The molecule has 2 aromatic rings. The fourth-order valence-electron chi connectivity index (χ4n) is 3.70. The molecule has 0 aliphatic carbocycles. The van der Waals surface area contributed by atoms with Gasteiger partial charge in [0.05, 0.1) is 5.69 Å². The lowest BCUT2D eigenvalue weighted by Gasteiger charge is -2.32. The summed E-state index contributed by atoms with van der Waals surface area (Å²) in [4.78, 5) is 27.1. The molecule has 1 aliphatic heterocycles. The Labute approximate surface area is 155 Å². The summed E-state index contributed by atoms with van der Waals surface area (Å²) < 4.78 is 1.96. The smallest absolute Gasteiger partial charge is 0.222 e. The Bertz CT molecular complexity index is 767. The van der Waals surface area contributed by atoms with Crippen molar-refractivity contribution in [3.63, 3.8) is 0 Å². The van der Waals surface area contributed by atoms with Gasteiger partial charge in [-0.25, -0.2) is 0 Å². The first-order valence-corrected chi connectivity index (χ1v) is 9.42. The molecule has 5 heteroatoms. The molecule has 0 N–H and O–H groups in total. The van der Waals surface area contributed by atoms with Crippen LogP contribution in [0.15, 0.2) is 36.4 Å². The van der Waals surface area contributed by atoms with Gasteiger partial charge in [0.1, 0.15) is 0 Å². The van der Waals surface area contributed by atoms with Crippen molar-refractivity contribution in [2.24, 2.45) is 5.92 Å². The minimum absolute atomic E-state index is 0.0777. The van der Waals surface area contributed by atoms with E-state index in [2.05, 4.69) is 5.10 Å². The minimum Gasteiger partial charge on any atom is -0.342 e. The number of aryl methyl sites for hydroxylation is 3.